The van der Waals surface area contributed by atoms with Gasteiger partial charge in [0, 0.05) is 23.1 Å². The van der Waals surface area contributed by atoms with E-state index < -0.39 is 0 Å². The molecule has 0 atom stereocenters. The molecule has 0 aliphatic carbocycles. The molecule has 0 aromatic heterocycles. The SMILES string of the molecule is S=C(NCCNC(=S)Nc1cc(Cl)ccc1Cl)Nc1cc(Cl)ccc1Cl. The quantitative estimate of drug-likeness (QED) is 0.340. The molecule has 0 aliphatic rings. The van der Waals surface area contributed by atoms with E-state index in [-0.39, 0.29) is 0 Å². The van der Waals surface area contributed by atoms with Gasteiger partial charge in [-0.05, 0) is 60.8 Å². The zero-order valence-electron chi connectivity index (χ0n) is 13.2. The molecule has 0 saturated carbocycles. The van der Waals surface area contributed by atoms with Crippen LogP contribution in [0.5, 0.6) is 0 Å². The Bertz CT molecular complexity index is 749. The van der Waals surface area contributed by atoms with Gasteiger partial charge in [-0.1, -0.05) is 46.4 Å². The average Bonchev–Trinajstić information content (AvgIpc) is 2.58. The van der Waals surface area contributed by atoms with E-state index in [1.54, 1.807) is 36.4 Å². The first kappa shape index (κ1) is 21.3. The van der Waals surface area contributed by atoms with E-state index in [4.69, 9.17) is 70.8 Å². The summed E-state index contributed by atoms with van der Waals surface area (Å²) in [5, 5.41) is 15.1. The third-order valence-corrected chi connectivity index (χ3v) is 4.67. The fourth-order valence-electron chi connectivity index (χ4n) is 1.87. The van der Waals surface area contributed by atoms with Crippen molar-refractivity contribution < 1.29 is 0 Å². The summed E-state index contributed by atoms with van der Waals surface area (Å²) in [6.45, 7) is 1.07. The molecule has 0 aliphatic heterocycles. The van der Waals surface area contributed by atoms with Crippen LogP contribution in [0.3, 0.4) is 0 Å². The maximum Gasteiger partial charge on any atom is 0.170 e. The number of hydrogen-bond acceptors (Lipinski definition) is 2. The Morgan fingerprint density at radius 1 is 0.692 bits per heavy atom. The molecule has 0 fully saturated rings. The van der Waals surface area contributed by atoms with Gasteiger partial charge in [0.15, 0.2) is 10.2 Å². The lowest BCUT2D eigenvalue weighted by Crippen LogP contribution is -2.38. The van der Waals surface area contributed by atoms with Crippen LogP contribution in [0.1, 0.15) is 0 Å². The van der Waals surface area contributed by atoms with Crippen LogP contribution in [0.25, 0.3) is 0 Å². The summed E-state index contributed by atoms with van der Waals surface area (Å²) in [4.78, 5) is 0. The molecule has 0 amide bonds. The predicted octanol–water partition coefficient (Wildman–Crippen LogP) is 5.57. The molecule has 4 nitrogen and oxygen atoms in total. The van der Waals surface area contributed by atoms with Gasteiger partial charge in [0.05, 0.1) is 21.4 Å². The smallest absolute Gasteiger partial charge is 0.170 e. The van der Waals surface area contributed by atoms with E-state index in [9.17, 15) is 0 Å². The summed E-state index contributed by atoms with van der Waals surface area (Å²) in [6, 6.07) is 10.2. The van der Waals surface area contributed by atoms with Crippen molar-refractivity contribution in [2.45, 2.75) is 0 Å². The maximum absolute atomic E-state index is 6.08. The number of thiocarbonyl (C=S) groups is 2. The highest BCUT2D eigenvalue weighted by atomic mass is 35.5. The van der Waals surface area contributed by atoms with Gasteiger partial charge in [-0.2, -0.15) is 0 Å². The van der Waals surface area contributed by atoms with Crippen LogP contribution < -0.4 is 21.3 Å². The van der Waals surface area contributed by atoms with Crippen LogP contribution in [-0.4, -0.2) is 23.3 Å². The number of halogens is 4. The topological polar surface area (TPSA) is 48.1 Å². The highest BCUT2D eigenvalue weighted by molar-refractivity contribution is 7.80. The Morgan fingerprint density at radius 2 is 1.08 bits per heavy atom. The van der Waals surface area contributed by atoms with Crippen molar-refractivity contribution in [2.24, 2.45) is 0 Å². The van der Waals surface area contributed by atoms with Crippen molar-refractivity contribution in [1.29, 1.82) is 0 Å². The minimum absolute atomic E-state index is 0.424. The largest absolute Gasteiger partial charge is 0.361 e. The molecule has 0 radical (unpaired) electrons. The Balaban J connectivity index is 1.72. The Kier molecular flexibility index (Phi) is 8.47. The summed E-state index contributed by atoms with van der Waals surface area (Å²) < 4.78 is 0. The Hall–Kier alpha value is -1.02. The zero-order valence-corrected chi connectivity index (χ0v) is 17.9. The van der Waals surface area contributed by atoms with Crippen molar-refractivity contribution in [2.75, 3.05) is 23.7 Å². The second-order valence-electron chi connectivity index (χ2n) is 5.01. The van der Waals surface area contributed by atoms with Gasteiger partial charge in [-0.3, -0.25) is 0 Å². The van der Waals surface area contributed by atoms with Crippen LogP contribution in [0.15, 0.2) is 36.4 Å². The second-order valence-corrected chi connectivity index (χ2v) is 7.51. The monoisotopic (exact) mass is 466 g/mol. The molecule has 26 heavy (non-hydrogen) atoms. The van der Waals surface area contributed by atoms with Crippen LogP contribution >= 0.6 is 70.8 Å². The van der Waals surface area contributed by atoms with Crippen molar-refractivity contribution in [1.82, 2.24) is 10.6 Å². The molecule has 0 heterocycles. The molecule has 0 spiro atoms. The molecule has 0 saturated heterocycles. The molecular weight excluding hydrogens is 454 g/mol. The van der Waals surface area contributed by atoms with Gasteiger partial charge in [-0.15, -0.1) is 0 Å². The van der Waals surface area contributed by atoms with Gasteiger partial charge in [0.25, 0.3) is 0 Å². The van der Waals surface area contributed by atoms with Crippen LogP contribution in [0, 0.1) is 0 Å². The van der Waals surface area contributed by atoms with Crippen LogP contribution in [0.4, 0.5) is 11.4 Å². The molecule has 2 rings (SSSR count). The average molecular weight is 468 g/mol. The lowest BCUT2D eigenvalue weighted by molar-refractivity contribution is 0.821. The van der Waals surface area contributed by atoms with Crippen LogP contribution in [-0.2, 0) is 0 Å². The van der Waals surface area contributed by atoms with E-state index in [0.29, 0.717) is 54.8 Å². The molecule has 10 heteroatoms. The van der Waals surface area contributed by atoms with Gasteiger partial charge in [-0.25, -0.2) is 0 Å². The first-order chi connectivity index (χ1) is 12.3. The normalized spacial score (nSPS) is 10.2. The fraction of sp³-hybridized carbons (Fsp3) is 0.125. The number of benzene rings is 2. The van der Waals surface area contributed by atoms with Gasteiger partial charge in [0.2, 0.25) is 0 Å². The van der Waals surface area contributed by atoms with Gasteiger partial charge >= 0.3 is 0 Å². The zero-order chi connectivity index (χ0) is 19.1. The molecule has 0 unspecified atom stereocenters. The first-order valence-corrected chi connectivity index (χ1v) is 9.68. The third kappa shape index (κ3) is 6.95. The Morgan fingerprint density at radius 3 is 1.46 bits per heavy atom. The highest BCUT2D eigenvalue weighted by Crippen LogP contribution is 2.26. The Labute approximate surface area is 182 Å². The van der Waals surface area contributed by atoms with E-state index >= 15 is 0 Å². The molecular formula is C16H14Cl4N4S2. The standard InChI is InChI=1S/C16H14Cl4N4S2/c17-9-1-3-11(19)13(7-9)23-15(25)21-5-6-22-16(26)24-14-8-10(18)2-4-12(14)20/h1-4,7-8H,5-6H2,(H2,21,23,25)(H2,22,24,26). The minimum Gasteiger partial charge on any atom is -0.361 e. The summed E-state index contributed by atoms with van der Waals surface area (Å²) in [5.74, 6) is 0. The minimum atomic E-state index is 0.424. The molecule has 138 valence electrons. The summed E-state index contributed by atoms with van der Waals surface area (Å²) >= 11 is 34.5. The predicted molar refractivity (Wildman–Crippen MR) is 121 cm³/mol. The summed E-state index contributed by atoms with van der Waals surface area (Å²) in [5.41, 5.74) is 1.27. The molecule has 2 aromatic rings. The number of nitrogens with one attached hydrogen (secondary N) is 4. The van der Waals surface area contributed by atoms with Crippen molar-refractivity contribution in [3.8, 4) is 0 Å². The van der Waals surface area contributed by atoms with Gasteiger partial charge < -0.3 is 21.3 Å². The molecule has 0 bridgehead atoms. The second kappa shape index (κ2) is 10.3. The molecule has 2 aromatic carbocycles. The van der Waals surface area contributed by atoms with E-state index in [0.717, 1.165) is 0 Å². The maximum atomic E-state index is 6.08. The number of hydrogen-bond donors (Lipinski definition) is 4. The van der Waals surface area contributed by atoms with E-state index in [2.05, 4.69) is 21.3 Å². The lowest BCUT2D eigenvalue weighted by atomic mass is 10.3. The highest BCUT2D eigenvalue weighted by Gasteiger charge is 2.05. The molecule has 4 N–H and O–H groups in total. The van der Waals surface area contributed by atoms with Crippen LogP contribution in [0.2, 0.25) is 20.1 Å². The van der Waals surface area contributed by atoms with Crippen molar-refractivity contribution >= 4 is 92.4 Å². The van der Waals surface area contributed by atoms with Gasteiger partial charge in [0.1, 0.15) is 0 Å². The van der Waals surface area contributed by atoms with E-state index in [1.807, 2.05) is 0 Å². The summed E-state index contributed by atoms with van der Waals surface area (Å²) in [7, 11) is 0. The van der Waals surface area contributed by atoms with Crippen molar-refractivity contribution in [3.05, 3.63) is 56.5 Å². The fourth-order valence-corrected chi connectivity index (χ4v) is 2.97. The number of anilines is 2. The van der Waals surface area contributed by atoms with E-state index in [1.165, 1.54) is 0 Å². The lowest BCUT2D eigenvalue weighted by Gasteiger charge is -2.14. The van der Waals surface area contributed by atoms with Crippen molar-refractivity contribution in [3.63, 3.8) is 0 Å². The first-order valence-electron chi connectivity index (χ1n) is 7.35. The third-order valence-electron chi connectivity index (χ3n) is 3.05. The summed E-state index contributed by atoms with van der Waals surface area (Å²) in [6.07, 6.45) is 0. The number of rotatable bonds is 5.